The zero-order valence-corrected chi connectivity index (χ0v) is 12.9. The first-order valence-corrected chi connectivity index (χ1v) is 7.63. The molecule has 1 N–H and O–H groups in total. The largest absolute Gasteiger partial charge is 0.380 e. The van der Waals surface area contributed by atoms with Crippen molar-refractivity contribution in [1.82, 2.24) is 10.2 Å². The summed E-state index contributed by atoms with van der Waals surface area (Å²) in [6, 6.07) is -0.674. The van der Waals surface area contributed by atoms with Crippen molar-refractivity contribution in [2.24, 2.45) is 11.8 Å². The predicted molar refractivity (Wildman–Crippen MR) is 76.1 cm³/mol. The Labute approximate surface area is 121 Å². The summed E-state index contributed by atoms with van der Waals surface area (Å²) in [7, 11) is 1.63. The summed E-state index contributed by atoms with van der Waals surface area (Å²) in [6.45, 7) is 6.49. The van der Waals surface area contributed by atoms with Crippen LogP contribution in [0.4, 0.5) is 0 Å². The van der Waals surface area contributed by atoms with Crippen LogP contribution in [-0.2, 0) is 14.3 Å². The van der Waals surface area contributed by atoms with Crippen molar-refractivity contribution in [2.45, 2.75) is 58.2 Å². The lowest BCUT2D eigenvalue weighted by atomic mass is 9.92. The predicted octanol–water partition coefficient (Wildman–Crippen LogP) is 1.17. The highest BCUT2D eigenvalue weighted by atomic mass is 16.5. The quantitative estimate of drug-likeness (QED) is 0.795. The van der Waals surface area contributed by atoms with E-state index in [9.17, 15) is 9.59 Å². The molecule has 4 unspecified atom stereocenters. The van der Waals surface area contributed by atoms with Gasteiger partial charge in [0.1, 0.15) is 12.1 Å². The van der Waals surface area contributed by atoms with Gasteiger partial charge in [0.05, 0.1) is 6.10 Å². The summed E-state index contributed by atoms with van der Waals surface area (Å²) < 4.78 is 5.28. The molecule has 0 aromatic carbocycles. The molecule has 1 heterocycles. The molecular formula is C15H26N2O3. The van der Waals surface area contributed by atoms with E-state index >= 15 is 0 Å². The maximum absolute atomic E-state index is 12.7. The Bertz CT molecular complexity index is 381. The van der Waals surface area contributed by atoms with Crippen LogP contribution < -0.4 is 5.32 Å². The van der Waals surface area contributed by atoms with Gasteiger partial charge in [-0.2, -0.15) is 0 Å². The smallest absolute Gasteiger partial charge is 0.246 e. The van der Waals surface area contributed by atoms with Crippen LogP contribution in [0, 0.1) is 11.8 Å². The molecule has 1 saturated heterocycles. The lowest BCUT2D eigenvalue weighted by molar-refractivity contribution is -0.153. The number of methoxy groups -OCH3 is 1. The standard InChI is InChI=1S/C15H26N2O3/c1-5-9(2)13-14(18)16-12(11-6-7-11)15(19)17(13)8-10(3)20-4/h9-13H,5-8H2,1-4H3,(H,16,18). The van der Waals surface area contributed by atoms with Gasteiger partial charge in [-0.3, -0.25) is 9.59 Å². The van der Waals surface area contributed by atoms with E-state index in [0.717, 1.165) is 19.3 Å². The second-order valence-corrected chi connectivity index (χ2v) is 6.19. The van der Waals surface area contributed by atoms with Gasteiger partial charge in [-0.05, 0) is 31.6 Å². The summed E-state index contributed by atoms with van der Waals surface area (Å²) >= 11 is 0. The Morgan fingerprint density at radius 3 is 2.50 bits per heavy atom. The molecule has 2 fully saturated rings. The first-order chi connectivity index (χ1) is 9.49. The van der Waals surface area contributed by atoms with E-state index < -0.39 is 0 Å². The van der Waals surface area contributed by atoms with Crippen molar-refractivity contribution in [2.75, 3.05) is 13.7 Å². The van der Waals surface area contributed by atoms with E-state index in [4.69, 9.17) is 4.74 Å². The molecule has 0 radical (unpaired) electrons. The number of hydrogen-bond acceptors (Lipinski definition) is 3. The average molecular weight is 282 g/mol. The Hall–Kier alpha value is -1.10. The molecule has 5 nitrogen and oxygen atoms in total. The van der Waals surface area contributed by atoms with Crippen LogP contribution in [0.25, 0.3) is 0 Å². The minimum absolute atomic E-state index is 0.000784. The minimum atomic E-state index is -0.361. The molecule has 20 heavy (non-hydrogen) atoms. The fraction of sp³-hybridized carbons (Fsp3) is 0.867. The fourth-order valence-corrected chi connectivity index (χ4v) is 2.85. The maximum atomic E-state index is 12.7. The van der Waals surface area contributed by atoms with Gasteiger partial charge in [0.25, 0.3) is 0 Å². The van der Waals surface area contributed by atoms with E-state index in [1.165, 1.54) is 0 Å². The monoisotopic (exact) mass is 282 g/mol. The van der Waals surface area contributed by atoms with Gasteiger partial charge < -0.3 is 15.0 Å². The van der Waals surface area contributed by atoms with E-state index in [-0.39, 0.29) is 35.9 Å². The normalized spacial score (nSPS) is 30.1. The third-order valence-electron chi connectivity index (χ3n) is 4.58. The van der Waals surface area contributed by atoms with Crippen LogP contribution in [0.15, 0.2) is 0 Å². The van der Waals surface area contributed by atoms with Crippen molar-refractivity contribution < 1.29 is 14.3 Å². The summed E-state index contributed by atoms with van der Waals surface area (Å²) in [5.74, 6) is 0.563. The minimum Gasteiger partial charge on any atom is -0.380 e. The molecule has 4 atom stereocenters. The molecule has 5 heteroatoms. The second kappa shape index (κ2) is 6.12. The number of piperazine rings is 1. The lowest BCUT2D eigenvalue weighted by Gasteiger charge is -2.42. The number of rotatable bonds is 6. The fourth-order valence-electron chi connectivity index (χ4n) is 2.85. The van der Waals surface area contributed by atoms with Crippen molar-refractivity contribution in [3.8, 4) is 0 Å². The lowest BCUT2D eigenvalue weighted by Crippen LogP contribution is -2.66. The van der Waals surface area contributed by atoms with E-state index in [1.54, 1.807) is 12.0 Å². The molecule has 1 aliphatic heterocycles. The highest BCUT2D eigenvalue weighted by Gasteiger charge is 2.48. The summed E-state index contributed by atoms with van der Waals surface area (Å²) in [6.07, 6.45) is 2.89. The van der Waals surface area contributed by atoms with Gasteiger partial charge in [0, 0.05) is 13.7 Å². The molecule has 0 spiro atoms. The van der Waals surface area contributed by atoms with Crippen molar-refractivity contribution in [3.05, 3.63) is 0 Å². The van der Waals surface area contributed by atoms with Crippen LogP contribution in [0.2, 0.25) is 0 Å². The highest BCUT2D eigenvalue weighted by molar-refractivity contribution is 5.97. The molecule has 2 amide bonds. The Morgan fingerprint density at radius 1 is 1.35 bits per heavy atom. The Morgan fingerprint density at radius 2 is 2.00 bits per heavy atom. The van der Waals surface area contributed by atoms with Crippen molar-refractivity contribution in [3.63, 3.8) is 0 Å². The SMILES string of the molecule is CCC(C)C1C(=O)NC(C2CC2)C(=O)N1CC(C)OC. The molecule has 1 saturated carbocycles. The Kier molecular flexibility index (Phi) is 4.68. The highest BCUT2D eigenvalue weighted by Crippen LogP contribution is 2.36. The first-order valence-electron chi connectivity index (χ1n) is 7.63. The third-order valence-corrected chi connectivity index (χ3v) is 4.58. The molecule has 0 aromatic rings. The third kappa shape index (κ3) is 2.97. The molecule has 2 aliphatic rings. The molecule has 114 valence electrons. The number of nitrogens with zero attached hydrogens (tertiary/aromatic N) is 1. The van der Waals surface area contributed by atoms with Crippen molar-refractivity contribution in [1.29, 1.82) is 0 Å². The van der Waals surface area contributed by atoms with Gasteiger partial charge in [-0.1, -0.05) is 20.3 Å². The molecular weight excluding hydrogens is 256 g/mol. The summed E-state index contributed by atoms with van der Waals surface area (Å²) in [5, 5.41) is 2.94. The molecule has 2 rings (SSSR count). The molecule has 1 aliphatic carbocycles. The first kappa shape index (κ1) is 15.3. The van der Waals surface area contributed by atoms with E-state index in [1.807, 2.05) is 20.8 Å². The van der Waals surface area contributed by atoms with Crippen molar-refractivity contribution >= 4 is 11.8 Å². The van der Waals surface area contributed by atoms with Gasteiger partial charge >= 0.3 is 0 Å². The number of nitrogens with one attached hydrogen (secondary N) is 1. The van der Waals surface area contributed by atoms with Crippen LogP contribution >= 0.6 is 0 Å². The van der Waals surface area contributed by atoms with Crippen LogP contribution in [0.1, 0.15) is 40.0 Å². The van der Waals surface area contributed by atoms with Crippen LogP contribution in [-0.4, -0.2) is 48.6 Å². The molecule has 0 bridgehead atoms. The number of carbonyl (C=O) groups excluding carboxylic acids is 2. The van der Waals surface area contributed by atoms with Gasteiger partial charge in [-0.15, -0.1) is 0 Å². The van der Waals surface area contributed by atoms with E-state index in [2.05, 4.69) is 5.32 Å². The number of hydrogen-bond donors (Lipinski definition) is 1. The number of amides is 2. The number of ether oxygens (including phenoxy) is 1. The zero-order valence-electron chi connectivity index (χ0n) is 12.9. The topological polar surface area (TPSA) is 58.6 Å². The van der Waals surface area contributed by atoms with Gasteiger partial charge in [-0.25, -0.2) is 0 Å². The van der Waals surface area contributed by atoms with Crippen LogP contribution in [0.3, 0.4) is 0 Å². The maximum Gasteiger partial charge on any atom is 0.246 e. The van der Waals surface area contributed by atoms with Gasteiger partial charge in [0.15, 0.2) is 0 Å². The van der Waals surface area contributed by atoms with Gasteiger partial charge in [0.2, 0.25) is 11.8 Å². The zero-order chi connectivity index (χ0) is 14.9. The summed E-state index contributed by atoms with van der Waals surface area (Å²) in [4.78, 5) is 26.9. The molecule has 0 aromatic heterocycles. The van der Waals surface area contributed by atoms with E-state index in [0.29, 0.717) is 12.5 Å². The average Bonchev–Trinajstić information content (AvgIpc) is 3.26. The van der Waals surface area contributed by atoms with Crippen LogP contribution in [0.5, 0.6) is 0 Å². The summed E-state index contributed by atoms with van der Waals surface area (Å²) in [5.41, 5.74) is 0. The number of carbonyl (C=O) groups is 2. The second-order valence-electron chi connectivity index (χ2n) is 6.19. The Balaban J connectivity index is 2.20.